The van der Waals surface area contributed by atoms with Crippen LogP contribution in [-0.4, -0.2) is 55.1 Å². The maximum Gasteiger partial charge on any atom is 0.317 e. The molecule has 4 fully saturated rings. The molecule has 0 aromatic heterocycles. The van der Waals surface area contributed by atoms with Gasteiger partial charge in [0.25, 0.3) is 0 Å². The second kappa shape index (κ2) is 5.65. The van der Waals surface area contributed by atoms with Gasteiger partial charge in [-0.3, -0.25) is 14.5 Å². The van der Waals surface area contributed by atoms with E-state index in [1.54, 1.807) is 0 Å². The number of carbonyl (C=O) groups excluding carboxylic acids is 2. The van der Waals surface area contributed by atoms with Crippen molar-refractivity contribution in [3.05, 3.63) is 41.5 Å². The predicted octanol–water partition coefficient (Wildman–Crippen LogP) is 2.18. The van der Waals surface area contributed by atoms with Crippen molar-refractivity contribution >= 4 is 17.6 Å². The van der Waals surface area contributed by atoms with Gasteiger partial charge in [-0.2, -0.15) is 0 Å². The highest BCUT2D eigenvalue weighted by Crippen LogP contribution is 2.76. The van der Waals surface area contributed by atoms with E-state index < -0.39 is 22.5 Å². The first-order valence-corrected chi connectivity index (χ1v) is 10.6. The van der Waals surface area contributed by atoms with Crippen LogP contribution in [0.2, 0.25) is 0 Å². The fraction of sp³-hybridized carbons (Fsp3) is 0.565. The van der Waals surface area contributed by atoms with Crippen molar-refractivity contribution in [2.75, 3.05) is 25.6 Å². The Balaban J connectivity index is 1.69. The molecule has 3 saturated heterocycles. The van der Waals surface area contributed by atoms with E-state index in [9.17, 15) is 9.59 Å². The third-order valence-corrected chi connectivity index (χ3v) is 8.44. The maximum atomic E-state index is 13.8. The molecule has 0 radical (unpaired) electrons. The Kier molecular flexibility index (Phi) is 3.46. The summed E-state index contributed by atoms with van der Waals surface area (Å²) in [7, 11) is 1.43. The molecule has 1 saturated carbocycles. The van der Waals surface area contributed by atoms with Crippen LogP contribution in [0.15, 0.2) is 35.9 Å². The van der Waals surface area contributed by atoms with Gasteiger partial charge >= 0.3 is 11.9 Å². The average Bonchev–Trinajstić information content (AvgIpc) is 3.35. The topological polar surface area (TPSA) is 77.1 Å². The second-order valence-corrected chi connectivity index (χ2v) is 9.17. The first-order valence-electron chi connectivity index (χ1n) is 10.6. The zero-order chi connectivity index (χ0) is 20.9. The minimum Gasteiger partial charge on any atom is -0.468 e. The molecule has 5 aliphatic rings. The Morgan fingerprint density at radius 2 is 2.17 bits per heavy atom. The zero-order valence-corrected chi connectivity index (χ0v) is 17.4. The molecule has 7 nitrogen and oxygen atoms in total. The van der Waals surface area contributed by atoms with Crippen LogP contribution < -0.4 is 5.32 Å². The van der Waals surface area contributed by atoms with E-state index in [0.717, 1.165) is 24.2 Å². The number of allylic oxidation sites excluding steroid dienone is 1. The summed E-state index contributed by atoms with van der Waals surface area (Å²) in [5.41, 5.74) is 0.775. The van der Waals surface area contributed by atoms with E-state index in [0.29, 0.717) is 6.42 Å². The van der Waals surface area contributed by atoms with Gasteiger partial charge in [-0.05, 0) is 25.0 Å². The Hall–Kier alpha value is -2.38. The van der Waals surface area contributed by atoms with Crippen LogP contribution in [0.1, 0.15) is 32.3 Å². The highest BCUT2D eigenvalue weighted by Gasteiger charge is 2.87. The molecule has 1 aliphatic carbocycles. The SMILES string of the molecule is C/C=C1\CN2C3CC1C(COC(C)=O)(C(=O)OC)C14C[C@@H]2O[C@@]31Nc1ccccc14. The highest BCUT2D eigenvalue weighted by molar-refractivity contribution is 5.86. The summed E-state index contributed by atoms with van der Waals surface area (Å²) in [6.07, 6.45) is 3.45. The predicted molar refractivity (Wildman–Crippen MR) is 107 cm³/mol. The monoisotopic (exact) mass is 410 g/mol. The lowest BCUT2D eigenvalue weighted by atomic mass is 9.42. The quantitative estimate of drug-likeness (QED) is 0.605. The van der Waals surface area contributed by atoms with Crippen LogP contribution >= 0.6 is 0 Å². The Morgan fingerprint density at radius 1 is 1.37 bits per heavy atom. The Bertz CT molecular complexity index is 1010. The highest BCUT2D eigenvalue weighted by atomic mass is 16.6. The van der Waals surface area contributed by atoms with Crippen molar-refractivity contribution in [3.8, 4) is 0 Å². The number of nitrogens with one attached hydrogen (secondary N) is 1. The fourth-order valence-electron chi connectivity index (χ4n) is 7.51. The van der Waals surface area contributed by atoms with Crippen LogP contribution in [0, 0.1) is 11.3 Å². The summed E-state index contributed by atoms with van der Waals surface area (Å²) in [6.45, 7) is 4.15. The third kappa shape index (κ3) is 1.70. The lowest BCUT2D eigenvalue weighted by Gasteiger charge is -2.64. The number of para-hydroxylation sites is 1. The average molecular weight is 410 g/mol. The normalized spacial score (nSPS) is 43.3. The molecule has 4 bridgehead atoms. The van der Waals surface area contributed by atoms with Crippen LogP contribution in [0.3, 0.4) is 0 Å². The van der Waals surface area contributed by atoms with Crippen molar-refractivity contribution < 1.29 is 23.8 Å². The number of carbonyl (C=O) groups is 2. The summed E-state index contributed by atoms with van der Waals surface area (Å²) in [5, 5.41) is 3.70. The molecule has 1 spiro atoms. The number of hydrogen-bond acceptors (Lipinski definition) is 7. The van der Waals surface area contributed by atoms with Gasteiger partial charge in [-0.15, -0.1) is 0 Å². The standard InChI is InChI=1S/C23H26N2O5/c1-4-14-11-25-18-9-16(14)21(20(27)28-3,12-29-13(2)26)22-10-19(25)30-23(18,22)24-17-8-6-5-7-15(17)22/h4-8,16,18-19,24H,9-12H2,1-3H3/b14-4+/t16?,18?,19-,21?,22?,23-/m0/s1. The molecule has 4 unspecified atom stereocenters. The molecule has 4 aliphatic heterocycles. The van der Waals surface area contributed by atoms with Gasteiger partial charge in [0.05, 0.1) is 18.6 Å². The van der Waals surface area contributed by atoms with E-state index >= 15 is 0 Å². The minimum absolute atomic E-state index is 0.0163. The lowest BCUT2D eigenvalue weighted by molar-refractivity contribution is -0.196. The molecule has 6 rings (SSSR count). The van der Waals surface area contributed by atoms with Crippen LogP contribution in [0.4, 0.5) is 5.69 Å². The summed E-state index contributed by atoms with van der Waals surface area (Å²) < 4.78 is 17.9. The summed E-state index contributed by atoms with van der Waals surface area (Å²) in [4.78, 5) is 28.2. The lowest BCUT2D eigenvalue weighted by Crippen LogP contribution is -2.78. The molecule has 1 N–H and O–H groups in total. The van der Waals surface area contributed by atoms with Gasteiger partial charge in [0.15, 0.2) is 5.72 Å². The maximum absolute atomic E-state index is 13.8. The van der Waals surface area contributed by atoms with Crippen molar-refractivity contribution in [2.24, 2.45) is 11.3 Å². The first kappa shape index (κ1) is 18.4. The molecule has 158 valence electrons. The van der Waals surface area contributed by atoms with Gasteiger partial charge in [0, 0.05) is 31.5 Å². The van der Waals surface area contributed by atoms with Gasteiger partial charge in [0.2, 0.25) is 0 Å². The van der Waals surface area contributed by atoms with Crippen molar-refractivity contribution in [1.82, 2.24) is 4.90 Å². The Labute approximate surface area is 175 Å². The summed E-state index contributed by atoms with van der Waals surface area (Å²) in [5.74, 6) is -0.804. The number of benzene rings is 1. The molecule has 7 heteroatoms. The van der Waals surface area contributed by atoms with E-state index in [4.69, 9.17) is 14.2 Å². The molecule has 30 heavy (non-hydrogen) atoms. The largest absolute Gasteiger partial charge is 0.468 e. The molecule has 0 amide bonds. The number of hydrogen-bond donors (Lipinski definition) is 1. The Morgan fingerprint density at radius 3 is 2.90 bits per heavy atom. The second-order valence-electron chi connectivity index (χ2n) is 9.17. The smallest absolute Gasteiger partial charge is 0.317 e. The number of rotatable bonds is 3. The van der Waals surface area contributed by atoms with Gasteiger partial charge in [-0.1, -0.05) is 29.8 Å². The molecule has 1 aromatic carbocycles. The number of anilines is 1. The minimum atomic E-state index is -1.06. The number of ether oxygens (including phenoxy) is 3. The van der Waals surface area contributed by atoms with Crippen molar-refractivity contribution in [1.29, 1.82) is 0 Å². The van der Waals surface area contributed by atoms with E-state index in [-0.39, 0.29) is 30.8 Å². The molecule has 1 aromatic rings. The van der Waals surface area contributed by atoms with E-state index in [1.165, 1.54) is 19.6 Å². The first-order chi connectivity index (χ1) is 14.4. The van der Waals surface area contributed by atoms with Gasteiger partial charge < -0.3 is 19.5 Å². The number of esters is 2. The molecule has 4 heterocycles. The van der Waals surface area contributed by atoms with E-state index in [2.05, 4.69) is 22.4 Å². The van der Waals surface area contributed by atoms with Crippen molar-refractivity contribution in [2.45, 2.75) is 50.1 Å². The van der Waals surface area contributed by atoms with Crippen LogP contribution in [0.5, 0.6) is 0 Å². The van der Waals surface area contributed by atoms with Crippen LogP contribution in [0.25, 0.3) is 0 Å². The zero-order valence-electron chi connectivity index (χ0n) is 17.4. The van der Waals surface area contributed by atoms with E-state index in [1.807, 2.05) is 25.1 Å². The fourth-order valence-corrected chi connectivity index (χ4v) is 7.51. The molecule has 6 atom stereocenters. The molecular weight excluding hydrogens is 384 g/mol. The van der Waals surface area contributed by atoms with Crippen LogP contribution in [-0.2, 0) is 29.2 Å². The number of methoxy groups -OCH3 is 1. The molecular formula is C23H26N2O5. The van der Waals surface area contributed by atoms with Gasteiger partial charge in [0.1, 0.15) is 18.2 Å². The van der Waals surface area contributed by atoms with Gasteiger partial charge in [-0.25, -0.2) is 0 Å². The number of piperidine rings is 2. The summed E-state index contributed by atoms with van der Waals surface area (Å²) >= 11 is 0. The summed E-state index contributed by atoms with van der Waals surface area (Å²) in [6, 6.07) is 8.28. The number of nitrogens with zero attached hydrogens (tertiary/aromatic N) is 1. The third-order valence-electron chi connectivity index (χ3n) is 8.44. The van der Waals surface area contributed by atoms with Crippen molar-refractivity contribution in [3.63, 3.8) is 0 Å². The number of fused-ring (bicyclic) bond motifs is 4.